The first-order chi connectivity index (χ1) is 8.80. The maximum absolute atomic E-state index is 11.8. The molecule has 5 nitrogen and oxygen atoms in total. The predicted octanol–water partition coefficient (Wildman–Crippen LogP) is 1.43. The van der Waals surface area contributed by atoms with Crippen molar-refractivity contribution < 1.29 is 9.53 Å². The number of nitrogens with zero attached hydrogens (tertiary/aromatic N) is 1. The summed E-state index contributed by atoms with van der Waals surface area (Å²) in [5.74, 6) is 0.405. The van der Waals surface area contributed by atoms with Crippen LogP contribution in [0.25, 0.3) is 0 Å². The zero-order chi connectivity index (χ0) is 14.5. The number of morpholine rings is 1. The lowest BCUT2D eigenvalue weighted by Crippen LogP contribution is -2.51. The number of hydrogen-bond donors (Lipinski definition) is 2. The van der Waals surface area contributed by atoms with Gasteiger partial charge in [-0.1, -0.05) is 13.8 Å². The Labute approximate surface area is 141 Å². The van der Waals surface area contributed by atoms with Gasteiger partial charge < -0.3 is 15.8 Å². The Morgan fingerprint density at radius 1 is 1.38 bits per heavy atom. The van der Waals surface area contributed by atoms with Crippen molar-refractivity contribution in [3.8, 4) is 0 Å². The number of hydrogen-bond acceptors (Lipinski definition) is 4. The fraction of sp³-hybridized carbons (Fsp3) is 0.929. The van der Waals surface area contributed by atoms with Gasteiger partial charge in [-0.3, -0.25) is 9.69 Å². The summed E-state index contributed by atoms with van der Waals surface area (Å²) in [6, 6.07) is -0.388. The van der Waals surface area contributed by atoms with Crippen molar-refractivity contribution in [2.45, 2.75) is 45.8 Å². The van der Waals surface area contributed by atoms with Crippen molar-refractivity contribution in [1.82, 2.24) is 10.2 Å². The monoisotopic (exact) mass is 343 g/mol. The molecule has 0 radical (unpaired) electrons. The fourth-order valence-electron chi connectivity index (χ4n) is 2.39. The van der Waals surface area contributed by atoms with E-state index in [0.717, 1.165) is 32.7 Å². The fourth-order valence-corrected chi connectivity index (χ4v) is 2.39. The molecule has 21 heavy (non-hydrogen) atoms. The van der Waals surface area contributed by atoms with Crippen LogP contribution < -0.4 is 11.1 Å². The number of halogens is 2. The van der Waals surface area contributed by atoms with Crippen LogP contribution in [0.1, 0.15) is 34.1 Å². The van der Waals surface area contributed by atoms with Crippen LogP contribution in [0.5, 0.6) is 0 Å². The van der Waals surface area contributed by atoms with Crippen molar-refractivity contribution in [1.29, 1.82) is 0 Å². The highest BCUT2D eigenvalue weighted by atomic mass is 35.5. The summed E-state index contributed by atoms with van der Waals surface area (Å²) in [5.41, 5.74) is 5.75. The first-order valence-corrected chi connectivity index (χ1v) is 7.20. The molecule has 0 saturated carbocycles. The minimum atomic E-state index is -0.388. The van der Waals surface area contributed by atoms with Crippen molar-refractivity contribution in [2.24, 2.45) is 11.7 Å². The minimum absolute atomic E-state index is 0. The van der Waals surface area contributed by atoms with E-state index < -0.39 is 0 Å². The smallest absolute Gasteiger partial charge is 0.236 e. The molecule has 0 aromatic rings. The second-order valence-electron chi connectivity index (χ2n) is 6.41. The molecular formula is C14H31Cl2N3O2. The quantitative estimate of drug-likeness (QED) is 0.765. The van der Waals surface area contributed by atoms with Crippen LogP contribution in [0, 0.1) is 5.92 Å². The van der Waals surface area contributed by atoms with E-state index in [2.05, 4.69) is 37.9 Å². The molecule has 0 aromatic heterocycles. The molecule has 1 amide bonds. The van der Waals surface area contributed by atoms with Crippen molar-refractivity contribution >= 4 is 30.7 Å². The maximum atomic E-state index is 11.8. The molecule has 1 fully saturated rings. The van der Waals surface area contributed by atoms with E-state index in [9.17, 15) is 4.79 Å². The Morgan fingerprint density at radius 3 is 2.52 bits per heavy atom. The largest absolute Gasteiger partial charge is 0.373 e. The van der Waals surface area contributed by atoms with Gasteiger partial charge in [0.15, 0.2) is 0 Å². The van der Waals surface area contributed by atoms with Gasteiger partial charge in [0, 0.05) is 26.2 Å². The number of ether oxygens (including phenoxy) is 1. The van der Waals surface area contributed by atoms with Gasteiger partial charge in [0.25, 0.3) is 0 Å². The maximum Gasteiger partial charge on any atom is 0.236 e. The lowest BCUT2D eigenvalue weighted by Gasteiger charge is -2.38. The molecule has 1 atom stereocenters. The molecule has 1 saturated heterocycles. The molecule has 3 N–H and O–H groups in total. The standard InChI is InChI=1S/C14H29N3O2.2ClH/c1-11(2)9-12(15)13(18)16-5-6-17-7-8-19-14(3,4)10-17;;/h11-12H,5-10,15H2,1-4H3,(H,16,18);2*1H/t12-;;/m0../s1. The SMILES string of the molecule is CC(C)C[C@H](N)C(=O)NCCN1CCOC(C)(C)C1.Cl.Cl. The molecule has 0 aromatic carbocycles. The number of amides is 1. The molecule has 7 heteroatoms. The predicted molar refractivity (Wildman–Crippen MR) is 91.4 cm³/mol. The second-order valence-corrected chi connectivity index (χ2v) is 6.41. The van der Waals surface area contributed by atoms with Crippen molar-refractivity contribution in [3.63, 3.8) is 0 Å². The Balaban J connectivity index is 0. The molecule has 1 aliphatic heterocycles. The zero-order valence-electron chi connectivity index (χ0n) is 13.6. The van der Waals surface area contributed by atoms with Gasteiger partial charge in [0.05, 0.1) is 18.2 Å². The Kier molecular flexibility index (Phi) is 11.7. The van der Waals surface area contributed by atoms with Gasteiger partial charge in [-0.05, 0) is 26.2 Å². The van der Waals surface area contributed by atoms with Crippen LogP contribution in [0.15, 0.2) is 0 Å². The van der Waals surface area contributed by atoms with Gasteiger partial charge in [0.1, 0.15) is 0 Å². The summed E-state index contributed by atoms with van der Waals surface area (Å²) in [5, 5.41) is 2.92. The molecule has 0 spiro atoms. The van der Waals surface area contributed by atoms with Gasteiger partial charge in [-0.15, -0.1) is 24.8 Å². The van der Waals surface area contributed by atoms with E-state index in [0.29, 0.717) is 12.5 Å². The molecular weight excluding hydrogens is 313 g/mol. The summed E-state index contributed by atoms with van der Waals surface area (Å²) in [6.07, 6.45) is 0.733. The van der Waals surface area contributed by atoms with E-state index >= 15 is 0 Å². The van der Waals surface area contributed by atoms with Crippen molar-refractivity contribution in [2.75, 3.05) is 32.8 Å². The molecule has 128 valence electrons. The third kappa shape index (κ3) is 9.53. The molecule has 0 unspecified atom stereocenters. The average molecular weight is 344 g/mol. The summed E-state index contributed by atoms with van der Waals surface area (Å²) >= 11 is 0. The van der Waals surface area contributed by atoms with Crippen LogP contribution in [0.2, 0.25) is 0 Å². The normalized spacial score (nSPS) is 19.3. The Morgan fingerprint density at radius 2 is 2.00 bits per heavy atom. The van der Waals surface area contributed by atoms with Gasteiger partial charge in [-0.2, -0.15) is 0 Å². The van der Waals surface area contributed by atoms with E-state index in [1.165, 1.54) is 0 Å². The van der Waals surface area contributed by atoms with E-state index in [4.69, 9.17) is 10.5 Å². The van der Waals surface area contributed by atoms with Crippen molar-refractivity contribution in [3.05, 3.63) is 0 Å². The summed E-state index contributed by atoms with van der Waals surface area (Å²) in [4.78, 5) is 14.1. The molecule has 1 heterocycles. The molecule has 0 aliphatic carbocycles. The third-order valence-electron chi connectivity index (χ3n) is 3.29. The summed E-state index contributed by atoms with van der Waals surface area (Å²) in [6.45, 7) is 12.4. The Hall–Kier alpha value is -0.0700. The number of nitrogens with two attached hydrogens (primary N) is 1. The van der Waals surface area contributed by atoms with Crippen LogP contribution in [-0.2, 0) is 9.53 Å². The Bertz CT molecular complexity index is 302. The second kappa shape index (κ2) is 10.6. The highest BCUT2D eigenvalue weighted by Crippen LogP contribution is 2.15. The molecule has 1 aliphatic rings. The minimum Gasteiger partial charge on any atom is -0.373 e. The van der Waals surface area contributed by atoms with E-state index in [-0.39, 0.29) is 42.4 Å². The van der Waals surface area contributed by atoms with Crippen LogP contribution in [-0.4, -0.2) is 55.2 Å². The molecule has 1 rings (SSSR count). The summed E-state index contributed by atoms with van der Waals surface area (Å²) < 4.78 is 5.66. The van der Waals surface area contributed by atoms with Crippen LogP contribution >= 0.6 is 24.8 Å². The lowest BCUT2D eigenvalue weighted by atomic mass is 10.0. The van der Waals surface area contributed by atoms with Gasteiger partial charge in [0.2, 0.25) is 5.91 Å². The van der Waals surface area contributed by atoms with E-state index in [1.54, 1.807) is 0 Å². The first kappa shape index (κ1) is 23.2. The number of rotatable bonds is 6. The van der Waals surface area contributed by atoms with Gasteiger partial charge in [-0.25, -0.2) is 0 Å². The number of carbonyl (C=O) groups is 1. The van der Waals surface area contributed by atoms with E-state index in [1.807, 2.05) is 0 Å². The number of nitrogens with one attached hydrogen (secondary N) is 1. The number of carbonyl (C=O) groups excluding carboxylic acids is 1. The zero-order valence-corrected chi connectivity index (χ0v) is 15.2. The van der Waals surface area contributed by atoms with Gasteiger partial charge >= 0.3 is 0 Å². The lowest BCUT2D eigenvalue weighted by molar-refractivity contribution is -0.123. The van der Waals surface area contributed by atoms with Crippen LogP contribution in [0.4, 0.5) is 0 Å². The summed E-state index contributed by atoms with van der Waals surface area (Å²) in [7, 11) is 0. The molecule has 0 bridgehead atoms. The first-order valence-electron chi connectivity index (χ1n) is 7.20. The highest BCUT2D eigenvalue weighted by Gasteiger charge is 2.26. The topological polar surface area (TPSA) is 67.6 Å². The third-order valence-corrected chi connectivity index (χ3v) is 3.29. The highest BCUT2D eigenvalue weighted by molar-refractivity contribution is 5.85. The average Bonchev–Trinajstić information content (AvgIpc) is 2.26. The van der Waals surface area contributed by atoms with Crippen LogP contribution in [0.3, 0.4) is 0 Å².